The van der Waals surface area contributed by atoms with Crippen molar-refractivity contribution in [3.63, 3.8) is 0 Å². The van der Waals surface area contributed by atoms with Gasteiger partial charge in [-0.15, -0.1) is 0 Å². The van der Waals surface area contributed by atoms with Crippen LogP contribution in [0.2, 0.25) is 0 Å². The highest BCUT2D eigenvalue weighted by atomic mass is 127. The Balaban J connectivity index is 1.99. The van der Waals surface area contributed by atoms with Gasteiger partial charge in [0.05, 0.1) is 17.8 Å². The average Bonchev–Trinajstić information content (AvgIpc) is 2.48. The first kappa shape index (κ1) is 15.3. The van der Waals surface area contributed by atoms with Crippen molar-refractivity contribution in [2.75, 3.05) is 17.2 Å². The molecule has 5 nitrogen and oxygen atoms in total. The number of nitrogens with one attached hydrogen (secondary N) is 2. The molecule has 0 radical (unpaired) electrons. The second-order valence-corrected chi connectivity index (χ2v) is 5.45. The Morgan fingerprint density at radius 3 is 2.29 bits per heavy atom. The van der Waals surface area contributed by atoms with Crippen LogP contribution in [0.5, 0.6) is 0 Å². The average molecular weight is 395 g/mol. The fraction of sp³-hybridized carbons (Fsp3) is 0.0667. The van der Waals surface area contributed by atoms with E-state index in [1.807, 2.05) is 24.3 Å². The quantitative estimate of drug-likeness (QED) is 0.680. The van der Waals surface area contributed by atoms with E-state index in [0.717, 1.165) is 9.26 Å². The molecule has 0 heterocycles. The Morgan fingerprint density at radius 2 is 1.62 bits per heavy atom. The number of hydrogen-bond donors (Lipinski definition) is 3. The zero-order chi connectivity index (χ0) is 15.2. The molecule has 2 aromatic carbocycles. The van der Waals surface area contributed by atoms with Gasteiger partial charge in [0.2, 0.25) is 5.91 Å². The van der Waals surface area contributed by atoms with Gasteiger partial charge in [-0.3, -0.25) is 9.59 Å². The van der Waals surface area contributed by atoms with Gasteiger partial charge in [-0.25, -0.2) is 0 Å². The number of rotatable bonds is 5. The first-order valence-corrected chi connectivity index (χ1v) is 7.33. The van der Waals surface area contributed by atoms with E-state index in [4.69, 9.17) is 5.73 Å². The smallest absolute Gasteiger partial charge is 0.250 e. The lowest BCUT2D eigenvalue weighted by molar-refractivity contribution is -0.114. The maximum atomic E-state index is 11.9. The van der Waals surface area contributed by atoms with Crippen LogP contribution in [-0.4, -0.2) is 18.4 Å². The topological polar surface area (TPSA) is 84.2 Å². The van der Waals surface area contributed by atoms with E-state index in [1.165, 1.54) is 0 Å². The van der Waals surface area contributed by atoms with Gasteiger partial charge in [0.25, 0.3) is 5.91 Å². The number of nitrogens with two attached hydrogens (primary N) is 1. The van der Waals surface area contributed by atoms with E-state index in [2.05, 4.69) is 33.2 Å². The highest BCUT2D eigenvalue weighted by Gasteiger charge is 2.09. The summed E-state index contributed by atoms with van der Waals surface area (Å²) in [5.74, 6) is -0.727. The number of benzene rings is 2. The molecule has 0 saturated heterocycles. The number of para-hydroxylation sites is 2. The van der Waals surface area contributed by atoms with Crippen molar-refractivity contribution >= 4 is 45.8 Å². The maximum absolute atomic E-state index is 11.9. The predicted molar refractivity (Wildman–Crippen MR) is 91.2 cm³/mol. The lowest BCUT2D eigenvalue weighted by Gasteiger charge is -2.11. The van der Waals surface area contributed by atoms with Crippen LogP contribution in [0.15, 0.2) is 48.5 Å². The van der Waals surface area contributed by atoms with Crippen LogP contribution in [-0.2, 0) is 4.79 Å². The van der Waals surface area contributed by atoms with E-state index in [1.54, 1.807) is 24.3 Å². The Labute approximate surface area is 136 Å². The molecule has 0 fully saturated rings. The monoisotopic (exact) mass is 395 g/mol. The van der Waals surface area contributed by atoms with E-state index < -0.39 is 5.91 Å². The Morgan fingerprint density at radius 1 is 1.00 bits per heavy atom. The van der Waals surface area contributed by atoms with E-state index >= 15 is 0 Å². The number of carbonyl (C=O) groups excluding carboxylic acids is 2. The number of hydrogen-bond acceptors (Lipinski definition) is 3. The summed E-state index contributed by atoms with van der Waals surface area (Å²) in [6, 6.07) is 14.3. The number of carbonyl (C=O) groups is 2. The van der Waals surface area contributed by atoms with Crippen molar-refractivity contribution in [3.05, 3.63) is 57.7 Å². The van der Waals surface area contributed by atoms with Crippen molar-refractivity contribution in [1.29, 1.82) is 0 Å². The minimum atomic E-state index is -0.531. The molecule has 0 aliphatic carbocycles. The number of amides is 2. The molecule has 108 valence electrons. The Kier molecular flexibility index (Phi) is 5.15. The van der Waals surface area contributed by atoms with Crippen LogP contribution in [0.4, 0.5) is 11.4 Å². The molecule has 0 spiro atoms. The summed E-state index contributed by atoms with van der Waals surface area (Å²) in [7, 11) is 0. The lowest BCUT2D eigenvalue weighted by Crippen LogP contribution is -2.23. The lowest BCUT2D eigenvalue weighted by atomic mass is 10.1. The summed E-state index contributed by atoms with van der Waals surface area (Å²) in [4.78, 5) is 23.2. The molecule has 0 aliphatic rings. The third-order valence-electron chi connectivity index (χ3n) is 2.78. The minimum Gasteiger partial charge on any atom is -0.376 e. The highest BCUT2D eigenvalue weighted by Crippen LogP contribution is 2.17. The number of primary amides is 1. The van der Waals surface area contributed by atoms with Gasteiger partial charge in [-0.1, -0.05) is 24.3 Å². The zero-order valence-corrected chi connectivity index (χ0v) is 13.3. The largest absolute Gasteiger partial charge is 0.376 e. The summed E-state index contributed by atoms with van der Waals surface area (Å²) in [6.45, 7) is 0.0509. The number of halogens is 1. The summed E-state index contributed by atoms with van der Waals surface area (Å²) >= 11 is 2.15. The second-order valence-electron chi connectivity index (χ2n) is 4.29. The molecule has 2 rings (SSSR count). The first-order chi connectivity index (χ1) is 10.1. The molecule has 0 aromatic heterocycles. The summed E-state index contributed by atoms with van der Waals surface area (Å²) in [5, 5.41) is 5.72. The minimum absolute atomic E-state index is 0.0509. The van der Waals surface area contributed by atoms with Gasteiger partial charge in [0.1, 0.15) is 0 Å². The van der Waals surface area contributed by atoms with Gasteiger partial charge in [0, 0.05) is 9.26 Å². The fourth-order valence-corrected chi connectivity index (χ4v) is 2.31. The molecular weight excluding hydrogens is 381 g/mol. The van der Waals surface area contributed by atoms with E-state index in [-0.39, 0.29) is 12.5 Å². The van der Waals surface area contributed by atoms with Gasteiger partial charge in [-0.05, 0) is 46.9 Å². The zero-order valence-electron chi connectivity index (χ0n) is 11.1. The van der Waals surface area contributed by atoms with Crippen LogP contribution in [0.3, 0.4) is 0 Å². The maximum Gasteiger partial charge on any atom is 0.250 e. The summed E-state index contributed by atoms with van der Waals surface area (Å²) in [6.07, 6.45) is 0. The number of anilines is 2. The molecule has 0 saturated carbocycles. The van der Waals surface area contributed by atoms with Crippen LogP contribution < -0.4 is 16.4 Å². The normalized spacial score (nSPS) is 9.95. The molecule has 4 N–H and O–H groups in total. The molecule has 2 amide bonds. The molecule has 2 aromatic rings. The first-order valence-electron chi connectivity index (χ1n) is 6.25. The molecule has 0 bridgehead atoms. The third kappa shape index (κ3) is 4.19. The summed E-state index contributed by atoms with van der Waals surface area (Å²) < 4.78 is 0.959. The Hall–Kier alpha value is -2.09. The van der Waals surface area contributed by atoms with E-state index in [9.17, 15) is 9.59 Å². The fourth-order valence-electron chi connectivity index (χ4n) is 1.78. The van der Waals surface area contributed by atoms with Gasteiger partial charge in [0.15, 0.2) is 0 Å². The van der Waals surface area contributed by atoms with Gasteiger partial charge >= 0.3 is 0 Å². The van der Waals surface area contributed by atoms with Crippen LogP contribution in [0.1, 0.15) is 10.4 Å². The van der Waals surface area contributed by atoms with Crippen LogP contribution in [0.25, 0.3) is 0 Å². The molecular formula is C15H14IN3O2. The van der Waals surface area contributed by atoms with Crippen molar-refractivity contribution in [1.82, 2.24) is 0 Å². The molecule has 0 unspecified atom stereocenters. The molecule has 0 atom stereocenters. The molecule has 21 heavy (non-hydrogen) atoms. The predicted octanol–water partition coefficient (Wildman–Crippen LogP) is 2.44. The van der Waals surface area contributed by atoms with Gasteiger partial charge < -0.3 is 16.4 Å². The van der Waals surface area contributed by atoms with Crippen molar-refractivity contribution in [2.45, 2.75) is 0 Å². The Bertz CT molecular complexity index is 673. The van der Waals surface area contributed by atoms with Crippen LogP contribution in [0, 0.1) is 3.57 Å². The molecule has 0 aliphatic heterocycles. The highest BCUT2D eigenvalue weighted by molar-refractivity contribution is 14.1. The summed E-state index contributed by atoms with van der Waals surface area (Å²) in [5.41, 5.74) is 6.95. The standard InChI is InChI=1S/C15H14IN3O2/c16-11-6-2-4-8-13(11)19-14(20)9-18-12-7-3-1-5-10(12)15(17)21/h1-8,18H,9H2,(H2,17,21)(H,19,20). The van der Waals surface area contributed by atoms with E-state index in [0.29, 0.717) is 11.3 Å². The van der Waals surface area contributed by atoms with Crippen LogP contribution >= 0.6 is 22.6 Å². The SMILES string of the molecule is NC(=O)c1ccccc1NCC(=O)Nc1ccccc1I. The van der Waals surface area contributed by atoms with Gasteiger partial charge in [-0.2, -0.15) is 0 Å². The third-order valence-corrected chi connectivity index (χ3v) is 3.72. The van der Waals surface area contributed by atoms with Crippen molar-refractivity contribution < 1.29 is 9.59 Å². The second kappa shape index (κ2) is 7.07. The molecule has 6 heteroatoms. The van der Waals surface area contributed by atoms with Crippen molar-refractivity contribution in [3.8, 4) is 0 Å². The van der Waals surface area contributed by atoms with Crippen molar-refractivity contribution in [2.24, 2.45) is 5.73 Å².